The van der Waals surface area contributed by atoms with E-state index in [1.54, 1.807) is 7.11 Å². The van der Waals surface area contributed by atoms with E-state index in [4.69, 9.17) is 4.74 Å². The Labute approximate surface area is 105 Å². The van der Waals surface area contributed by atoms with E-state index in [0.717, 1.165) is 25.3 Å². The summed E-state index contributed by atoms with van der Waals surface area (Å²) in [6.07, 6.45) is 1.54. The minimum Gasteiger partial charge on any atom is -0.381 e. The minimum atomic E-state index is -0.738. The van der Waals surface area contributed by atoms with Gasteiger partial charge in [-0.1, -0.05) is 0 Å². The number of hydrogen-bond acceptors (Lipinski definition) is 3. The first-order chi connectivity index (χ1) is 8.12. The van der Waals surface area contributed by atoms with Crippen LogP contribution < -0.4 is 0 Å². The van der Waals surface area contributed by atoms with Crippen LogP contribution in [0.5, 0.6) is 0 Å². The number of rotatable bonds is 2. The van der Waals surface area contributed by atoms with Gasteiger partial charge in [0.25, 0.3) is 0 Å². The van der Waals surface area contributed by atoms with Crippen molar-refractivity contribution in [2.24, 2.45) is 5.92 Å². The number of amides is 1. The average Bonchev–Trinajstić information content (AvgIpc) is 2.66. The second-order valence-electron chi connectivity index (χ2n) is 5.52. The number of nitrogens with zero attached hydrogens (tertiary/aromatic N) is 1. The molecule has 2 saturated heterocycles. The predicted molar refractivity (Wildman–Crippen MR) is 64.8 cm³/mol. The maximum absolute atomic E-state index is 12.7. The summed E-state index contributed by atoms with van der Waals surface area (Å²) in [7, 11) is 1.75. The molecule has 0 unspecified atom stereocenters. The molecule has 3 aliphatic rings. The molecule has 17 heavy (non-hydrogen) atoms. The lowest BCUT2D eigenvalue weighted by atomic mass is 9.80. The van der Waals surface area contributed by atoms with Crippen LogP contribution in [0.4, 0.5) is 4.39 Å². The van der Waals surface area contributed by atoms with Crippen LogP contribution in [0.15, 0.2) is 0 Å². The van der Waals surface area contributed by atoms with Crippen molar-refractivity contribution in [1.82, 2.24) is 4.90 Å². The molecule has 1 saturated carbocycles. The standard InChI is InChI=1S/C12H18FNO2S/c1-16-10-4-12(17-5-10)6-14(7-12)11(15)8-2-9(13)3-8/h8-10H,2-7H2,1H3/t8?,9?,10-/m0/s1. The van der Waals surface area contributed by atoms with Gasteiger partial charge in [0, 0.05) is 31.9 Å². The molecule has 0 bridgehead atoms. The molecule has 3 nitrogen and oxygen atoms in total. The fourth-order valence-corrected chi connectivity index (χ4v) is 4.58. The number of halogens is 1. The Morgan fingerprint density at radius 3 is 2.71 bits per heavy atom. The molecule has 96 valence electrons. The maximum atomic E-state index is 12.7. The van der Waals surface area contributed by atoms with Gasteiger partial charge in [0.2, 0.25) is 5.91 Å². The first-order valence-electron chi connectivity index (χ1n) is 6.21. The molecular weight excluding hydrogens is 241 g/mol. The van der Waals surface area contributed by atoms with Crippen molar-refractivity contribution in [2.45, 2.75) is 36.3 Å². The van der Waals surface area contributed by atoms with Gasteiger partial charge in [0.05, 0.1) is 10.9 Å². The molecule has 2 heterocycles. The lowest BCUT2D eigenvalue weighted by molar-refractivity contribution is -0.146. The third-order valence-electron chi connectivity index (χ3n) is 4.21. The predicted octanol–water partition coefficient (Wildman–Crippen LogP) is 1.47. The first kappa shape index (κ1) is 11.8. The molecule has 0 aromatic rings. The van der Waals surface area contributed by atoms with Gasteiger partial charge in [0.15, 0.2) is 0 Å². The molecule has 1 atom stereocenters. The summed E-state index contributed by atoms with van der Waals surface area (Å²) in [6, 6.07) is 0. The summed E-state index contributed by atoms with van der Waals surface area (Å²) in [5, 5.41) is 0. The van der Waals surface area contributed by atoms with Crippen LogP contribution in [0.1, 0.15) is 19.3 Å². The van der Waals surface area contributed by atoms with Gasteiger partial charge in [0.1, 0.15) is 6.17 Å². The Kier molecular flexibility index (Phi) is 2.86. The SMILES string of the molecule is CO[C@@H]1CSC2(C1)CN(C(=O)C1CC(F)C1)C2. The highest BCUT2D eigenvalue weighted by atomic mass is 32.2. The van der Waals surface area contributed by atoms with Crippen LogP contribution >= 0.6 is 11.8 Å². The largest absolute Gasteiger partial charge is 0.381 e. The summed E-state index contributed by atoms with van der Waals surface area (Å²) < 4.78 is 18.3. The monoisotopic (exact) mass is 259 g/mol. The van der Waals surface area contributed by atoms with E-state index in [9.17, 15) is 9.18 Å². The average molecular weight is 259 g/mol. The summed E-state index contributed by atoms with van der Waals surface area (Å²) in [4.78, 5) is 13.9. The zero-order chi connectivity index (χ0) is 12.0. The van der Waals surface area contributed by atoms with E-state index in [2.05, 4.69) is 0 Å². The summed E-state index contributed by atoms with van der Waals surface area (Å²) in [5.41, 5.74) is 0. The molecule has 1 aliphatic carbocycles. The van der Waals surface area contributed by atoms with Crippen molar-refractivity contribution in [3.8, 4) is 0 Å². The molecule has 0 N–H and O–H groups in total. The molecule has 2 aliphatic heterocycles. The van der Waals surface area contributed by atoms with Crippen molar-refractivity contribution in [2.75, 3.05) is 26.0 Å². The van der Waals surface area contributed by atoms with Gasteiger partial charge >= 0.3 is 0 Å². The highest BCUT2D eigenvalue weighted by Gasteiger charge is 2.52. The zero-order valence-electron chi connectivity index (χ0n) is 10.0. The van der Waals surface area contributed by atoms with E-state index in [-0.39, 0.29) is 16.6 Å². The summed E-state index contributed by atoms with van der Waals surface area (Å²) >= 11 is 1.93. The van der Waals surface area contributed by atoms with Crippen molar-refractivity contribution < 1.29 is 13.9 Å². The third kappa shape index (κ3) is 1.97. The summed E-state index contributed by atoms with van der Waals surface area (Å²) in [6.45, 7) is 1.67. The number of methoxy groups -OCH3 is 1. The molecule has 0 aromatic carbocycles. The number of ether oxygens (including phenoxy) is 1. The van der Waals surface area contributed by atoms with E-state index in [0.29, 0.717) is 18.9 Å². The maximum Gasteiger partial charge on any atom is 0.225 e. The van der Waals surface area contributed by atoms with Crippen LogP contribution in [0.3, 0.4) is 0 Å². The van der Waals surface area contributed by atoms with E-state index in [1.807, 2.05) is 16.7 Å². The Bertz CT molecular complexity index is 326. The van der Waals surface area contributed by atoms with Crippen molar-refractivity contribution in [1.29, 1.82) is 0 Å². The van der Waals surface area contributed by atoms with E-state index >= 15 is 0 Å². The quantitative estimate of drug-likeness (QED) is 0.752. The number of likely N-dealkylation sites (tertiary alicyclic amines) is 1. The second kappa shape index (κ2) is 4.12. The Hall–Kier alpha value is -0.290. The Morgan fingerprint density at radius 2 is 2.18 bits per heavy atom. The van der Waals surface area contributed by atoms with Gasteiger partial charge in [-0.3, -0.25) is 4.79 Å². The molecule has 3 fully saturated rings. The first-order valence-corrected chi connectivity index (χ1v) is 7.20. The molecular formula is C12H18FNO2S. The third-order valence-corrected chi connectivity index (χ3v) is 5.78. The molecule has 0 radical (unpaired) electrons. The van der Waals surface area contributed by atoms with E-state index in [1.165, 1.54) is 0 Å². The van der Waals surface area contributed by atoms with Gasteiger partial charge in [-0.15, -0.1) is 11.8 Å². The molecule has 3 rings (SSSR count). The second-order valence-corrected chi connectivity index (χ2v) is 7.00. The fourth-order valence-electron chi connectivity index (χ4n) is 2.99. The number of hydrogen-bond donors (Lipinski definition) is 0. The van der Waals surface area contributed by atoms with Crippen molar-refractivity contribution >= 4 is 17.7 Å². The molecule has 0 aromatic heterocycles. The fraction of sp³-hybridized carbons (Fsp3) is 0.917. The van der Waals surface area contributed by atoms with Crippen LogP contribution in [0, 0.1) is 5.92 Å². The van der Waals surface area contributed by atoms with Gasteiger partial charge in [-0.05, 0) is 19.3 Å². The van der Waals surface area contributed by atoms with E-state index < -0.39 is 6.17 Å². The number of carbonyl (C=O) groups is 1. The van der Waals surface area contributed by atoms with Gasteiger partial charge < -0.3 is 9.64 Å². The van der Waals surface area contributed by atoms with Crippen molar-refractivity contribution in [3.63, 3.8) is 0 Å². The molecule has 5 heteroatoms. The van der Waals surface area contributed by atoms with Gasteiger partial charge in [-0.2, -0.15) is 0 Å². The number of carbonyl (C=O) groups excluding carboxylic acids is 1. The van der Waals surface area contributed by atoms with Crippen LogP contribution in [0.25, 0.3) is 0 Å². The number of thioether (sulfide) groups is 1. The van der Waals surface area contributed by atoms with Crippen LogP contribution in [-0.4, -0.2) is 53.8 Å². The van der Waals surface area contributed by atoms with Crippen molar-refractivity contribution in [3.05, 3.63) is 0 Å². The van der Waals surface area contributed by atoms with Crippen LogP contribution in [-0.2, 0) is 9.53 Å². The Balaban J connectivity index is 1.50. The lowest BCUT2D eigenvalue weighted by Crippen LogP contribution is -2.62. The molecule has 1 spiro atoms. The highest BCUT2D eigenvalue weighted by molar-refractivity contribution is 8.01. The number of alkyl halides is 1. The topological polar surface area (TPSA) is 29.5 Å². The van der Waals surface area contributed by atoms with Crippen LogP contribution in [0.2, 0.25) is 0 Å². The molecule has 1 amide bonds. The van der Waals surface area contributed by atoms with Gasteiger partial charge in [-0.25, -0.2) is 4.39 Å². The zero-order valence-corrected chi connectivity index (χ0v) is 10.8. The highest BCUT2D eigenvalue weighted by Crippen LogP contribution is 2.47. The summed E-state index contributed by atoms with van der Waals surface area (Å²) in [5.74, 6) is 1.17. The Morgan fingerprint density at radius 1 is 1.47 bits per heavy atom. The minimum absolute atomic E-state index is 0.0352. The lowest BCUT2D eigenvalue weighted by Gasteiger charge is -2.49. The normalized spacial score (nSPS) is 38.9. The smallest absolute Gasteiger partial charge is 0.225 e.